The molecule has 4 nitrogen and oxygen atoms in total. The summed E-state index contributed by atoms with van der Waals surface area (Å²) in [7, 11) is 0. The largest absolute Gasteiger partial charge is 0.370 e. The van der Waals surface area contributed by atoms with Crippen LogP contribution in [0.1, 0.15) is 24.5 Å². The highest BCUT2D eigenvalue weighted by Gasteiger charge is 2.10. The van der Waals surface area contributed by atoms with E-state index in [1.165, 1.54) is 12.5 Å². The molecule has 0 fully saturated rings. The Balaban J connectivity index is 1.91. The van der Waals surface area contributed by atoms with Gasteiger partial charge in [-0.15, -0.1) is 0 Å². The summed E-state index contributed by atoms with van der Waals surface area (Å²) in [6, 6.07) is 2.08. The van der Waals surface area contributed by atoms with Crippen LogP contribution < -0.4 is 10.6 Å². The molecule has 4 heteroatoms. The van der Waals surface area contributed by atoms with Crippen molar-refractivity contribution >= 4 is 11.7 Å². The number of amides is 1. The average molecular weight is 229 g/mol. The van der Waals surface area contributed by atoms with Crippen LogP contribution in [-0.4, -0.2) is 24.0 Å². The maximum absolute atomic E-state index is 10.6. The van der Waals surface area contributed by atoms with Crippen molar-refractivity contribution in [3.8, 4) is 11.8 Å². The van der Waals surface area contributed by atoms with Gasteiger partial charge in [0.1, 0.15) is 5.82 Å². The fourth-order valence-corrected chi connectivity index (χ4v) is 1.71. The molecule has 2 heterocycles. The molecule has 2 N–H and O–H groups in total. The quantitative estimate of drug-likeness (QED) is 0.586. The molecule has 0 radical (unpaired) electrons. The van der Waals surface area contributed by atoms with Crippen molar-refractivity contribution in [3.05, 3.63) is 23.4 Å². The number of pyridine rings is 1. The lowest BCUT2D eigenvalue weighted by Crippen LogP contribution is -2.20. The summed E-state index contributed by atoms with van der Waals surface area (Å²) in [6.07, 6.45) is 3.46. The van der Waals surface area contributed by atoms with E-state index in [4.69, 9.17) is 0 Å². The highest BCUT2D eigenvalue weighted by Crippen LogP contribution is 2.19. The zero-order valence-electron chi connectivity index (χ0n) is 9.84. The highest BCUT2D eigenvalue weighted by molar-refractivity contribution is 5.72. The molecule has 2 rings (SSSR count). The Hall–Kier alpha value is -2.02. The van der Waals surface area contributed by atoms with Gasteiger partial charge in [0.15, 0.2) is 0 Å². The summed E-state index contributed by atoms with van der Waals surface area (Å²) in [5.74, 6) is 7.04. The first-order chi connectivity index (χ1) is 8.25. The molecule has 88 valence electrons. The molecule has 0 aliphatic carbocycles. The molecule has 1 aromatic rings. The molecule has 0 atom stereocenters. The molecule has 0 saturated carbocycles. The predicted octanol–water partition coefficient (Wildman–Crippen LogP) is 0.927. The fourth-order valence-electron chi connectivity index (χ4n) is 1.71. The number of rotatable bonds is 2. The molecule has 1 amide bonds. The molecule has 1 aliphatic rings. The standard InChI is InChI=1S/C13H15N3O/c1-10(17)14-6-3-2-4-11-8-12-5-7-15-13(12)16-9-11/h8-9H,3,5-7H2,1H3,(H,14,17)(H,15,16). The number of aromatic nitrogens is 1. The minimum atomic E-state index is -0.0166. The minimum absolute atomic E-state index is 0.0166. The lowest BCUT2D eigenvalue weighted by atomic mass is 10.1. The van der Waals surface area contributed by atoms with E-state index in [1.54, 1.807) is 6.20 Å². The zero-order chi connectivity index (χ0) is 12.1. The van der Waals surface area contributed by atoms with E-state index in [9.17, 15) is 4.79 Å². The van der Waals surface area contributed by atoms with Crippen LogP contribution in [0.5, 0.6) is 0 Å². The second kappa shape index (κ2) is 5.35. The second-order valence-corrected chi connectivity index (χ2v) is 3.94. The number of hydrogen-bond donors (Lipinski definition) is 2. The SMILES string of the molecule is CC(=O)NCCC#Cc1cnc2c(c1)CCN2. The predicted molar refractivity (Wildman–Crippen MR) is 66.6 cm³/mol. The van der Waals surface area contributed by atoms with Gasteiger partial charge in [0.2, 0.25) is 5.91 Å². The molecular formula is C13H15N3O. The summed E-state index contributed by atoms with van der Waals surface area (Å²) in [6.45, 7) is 3.06. The van der Waals surface area contributed by atoms with Gasteiger partial charge in [0, 0.05) is 38.2 Å². The van der Waals surface area contributed by atoms with Crippen LogP contribution in [0, 0.1) is 11.8 Å². The van der Waals surface area contributed by atoms with Crippen molar-refractivity contribution in [1.29, 1.82) is 0 Å². The van der Waals surface area contributed by atoms with E-state index in [2.05, 4.69) is 33.5 Å². The Morgan fingerprint density at radius 3 is 3.35 bits per heavy atom. The molecule has 0 aromatic carbocycles. The molecular weight excluding hydrogens is 214 g/mol. The van der Waals surface area contributed by atoms with E-state index in [0.717, 1.165) is 24.3 Å². The van der Waals surface area contributed by atoms with Crippen molar-refractivity contribution in [1.82, 2.24) is 10.3 Å². The smallest absolute Gasteiger partial charge is 0.216 e. The van der Waals surface area contributed by atoms with Crippen LogP contribution in [0.2, 0.25) is 0 Å². The Labute approximate surface area is 101 Å². The lowest BCUT2D eigenvalue weighted by Gasteiger charge is -1.98. The van der Waals surface area contributed by atoms with Gasteiger partial charge in [-0.3, -0.25) is 4.79 Å². The molecule has 0 saturated heterocycles. The highest BCUT2D eigenvalue weighted by atomic mass is 16.1. The summed E-state index contributed by atoms with van der Waals surface area (Å²) in [5, 5.41) is 5.92. The van der Waals surface area contributed by atoms with Gasteiger partial charge in [0.05, 0.1) is 0 Å². The summed E-state index contributed by atoms with van der Waals surface area (Å²) in [5.41, 5.74) is 2.17. The molecule has 0 bridgehead atoms. The maximum Gasteiger partial charge on any atom is 0.216 e. The Bertz CT molecular complexity index is 485. The lowest BCUT2D eigenvalue weighted by molar-refractivity contribution is -0.118. The van der Waals surface area contributed by atoms with Gasteiger partial charge in [-0.1, -0.05) is 11.8 Å². The molecule has 17 heavy (non-hydrogen) atoms. The Kier molecular flexibility index (Phi) is 3.61. The molecule has 1 aliphatic heterocycles. The first kappa shape index (κ1) is 11.5. The van der Waals surface area contributed by atoms with Gasteiger partial charge >= 0.3 is 0 Å². The topological polar surface area (TPSA) is 54.0 Å². The van der Waals surface area contributed by atoms with Gasteiger partial charge in [-0.2, -0.15) is 0 Å². The van der Waals surface area contributed by atoms with E-state index >= 15 is 0 Å². The second-order valence-electron chi connectivity index (χ2n) is 3.94. The van der Waals surface area contributed by atoms with Crippen molar-refractivity contribution in [2.45, 2.75) is 19.8 Å². The van der Waals surface area contributed by atoms with Gasteiger partial charge < -0.3 is 10.6 Å². The minimum Gasteiger partial charge on any atom is -0.370 e. The van der Waals surface area contributed by atoms with E-state index in [1.807, 2.05) is 0 Å². The number of fused-ring (bicyclic) bond motifs is 1. The summed E-state index contributed by atoms with van der Waals surface area (Å²) < 4.78 is 0. The van der Waals surface area contributed by atoms with Crippen LogP contribution >= 0.6 is 0 Å². The van der Waals surface area contributed by atoms with Gasteiger partial charge in [0.25, 0.3) is 0 Å². The van der Waals surface area contributed by atoms with Crippen LogP contribution in [0.3, 0.4) is 0 Å². The Morgan fingerprint density at radius 2 is 2.53 bits per heavy atom. The van der Waals surface area contributed by atoms with Crippen LogP contribution in [0.4, 0.5) is 5.82 Å². The third-order valence-electron chi connectivity index (χ3n) is 2.51. The first-order valence-corrected chi connectivity index (χ1v) is 5.72. The third kappa shape index (κ3) is 3.22. The normalized spacial score (nSPS) is 12.1. The zero-order valence-corrected chi connectivity index (χ0v) is 9.84. The molecule has 0 spiro atoms. The fraction of sp³-hybridized carbons (Fsp3) is 0.385. The number of hydrogen-bond acceptors (Lipinski definition) is 3. The average Bonchev–Trinajstić information content (AvgIpc) is 2.75. The monoisotopic (exact) mass is 229 g/mol. The van der Waals surface area contributed by atoms with Crippen molar-refractivity contribution in [2.75, 3.05) is 18.4 Å². The molecule has 0 unspecified atom stereocenters. The first-order valence-electron chi connectivity index (χ1n) is 5.72. The Morgan fingerprint density at radius 1 is 1.65 bits per heavy atom. The molecule has 1 aromatic heterocycles. The van der Waals surface area contributed by atoms with E-state index in [0.29, 0.717) is 13.0 Å². The summed E-state index contributed by atoms with van der Waals surface area (Å²) >= 11 is 0. The van der Waals surface area contributed by atoms with Crippen molar-refractivity contribution in [3.63, 3.8) is 0 Å². The van der Waals surface area contributed by atoms with Crippen LogP contribution in [0.15, 0.2) is 12.3 Å². The van der Waals surface area contributed by atoms with Gasteiger partial charge in [-0.05, 0) is 18.1 Å². The van der Waals surface area contributed by atoms with Crippen LogP contribution in [0.25, 0.3) is 0 Å². The number of nitrogens with one attached hydrogen (secondary N) is 2. The summed E-state index contributed by atoms with van der Waals surface area (Å²) in [4.78, 5) is 14.9. The number of nitrogens with zero attached hydrogens (tertiary/aromatic N) is 1. The van der Waals surface area contributed by atoms with E-state index < -0.39 is 0 Å². The van der Waals surface area contributed by atoms with Crippen molar-refractivity contribution < 1.29 is 4.79 Å². The number of anilines is 1. The van der Waals surface area contributed by atoms with Gasteiger partial charge in [-0.25, -0.2) is 4.98 Å². The van der Waals surface area contributed by atoms with E-state index in [-0.39, 0.29) is 5.91 Å². The van der Waals surface area contributed by atoms with Crippen LogP contribution in [-0.2, 0) is 11.2 Å². The third-order valence-corrected chi connectivity index (χ3v) is 2.51. The number of carbonyl (C=O) groups is 1. The van der Waals surface area contributed by atoms with Crippen molar-refractivity contribution in [2.24, 2.45) is 0 Å². The maximum atomic E-state index is 10.6. The number of carbonyl (C=O) groups excluding carboxylic acids is 1.